The fourth-order valence-electron chi connectivity index (χ4n) is 9.78. The molecule has 3 aromatic rings. The van der Waals surface area contributed by atoms with E-state index in [4.69, 9.17) is 37.9 Å². The third-order valence-corrected chi connectivity index (χ3v) is 14.9. The number of esters is 2. The second-order valence-electron chi connectivity index (χ2n) is 22.4. The fraction of sp³-hybridized carbons (Fsp3) is 0.706. The standard InChI is InChI=1S/C68H108N2O14/c1-7-13-19-25-31-37-43-77-61-49-55(50-62(78-44-38-32-26-20-14-8-2)65(61)81-47-41-35-29-23-17-11-5)67(71)83-59-53-57(69(73)74)58(70(75)76)54-60(59)84-68(72)56-51-63(79-45-39-33-27-21-15-9-3)66(82-48-42-36-30-24-18-12-6)64(52-56)80-46-40-34-28-22-16-10-4/h49-54H,7-48H2,1-6H3. The van der Waals surface area contributed by atoms with Crippen molar-refractivity contribution in [2.45, 2.75) is 273 Å². The van der Waals surface area contributed by atoms with Gasteiger partial charge in [-0.2, -0.15) is 0 Å². The third-order valence-electron chi connectivity index (χ3n) is 14.9. The Morgan fingerprint density at radius 3 is 0.714 bits per heavy atom. The van der Waals surface area contributed by atoms with Gasteiger partial charge in [0.1, 0.15) is 0 Å². The van der Waals surface area contributed by atoms with Crippen LogP contribution in [-0.2, 0) is 0 Å². The van der Waals surface area contributed by atoms with Crippen LogP contribution in [0.5, 0.6) is 46.0 Å². The lowest BCUT2D eigenvalue weighted by Crippen LogP contribution is -2.15. The Morgan fingerprint density at radius 1 is 0.298 bits per heavy atom. The first kappa shape index (κ1) is 72.5. The molecule has 0 unspecified atom stereocenters. The molecule has 0 aromatic heterocycles. The van der Waals surface area contributed by atoms with Crippen molar-refractivity contribution < 1.29 is 57.3 Å². The zero-order chi connectivity index (χ0) is 60.8. The molecule has 0 radical (unpaired) electrons. The average Bonchev–Trinajstić information content (AvgIpc) is 3.32. The second-order valence-corrected chi connectivity index (χ2v) is 22.4. The van der Waals surface area contributed by atoms with Crippen molar-refractivity contribution >= 4 is 23.3 Å². The fourth-order valence-corrected chi connectivity index (χ4v) is 9.78. The van der Waals surface area contributed by atoms with E-state index in [-0.39, 0.29) is 34.1 Å². The molecule has 3 aromatic carbocycles. The number of carbonyl (C=O) groups excluding carboxylic acids is 2. The molecule has 0 aliphatic heterocycles. The van der Waals surface area contributed by atoms with Crippen LogP contribution in [0.1, 0.15) is 293 Å². The van der Waals surface area contributed by atoms with Crippen LogP contribution in [0.15, 0.2) is 36.4 Å². The van der Waals surface area contributed by atoms with Crippen LogP contribution in [0.2, 0.25) is 0 Å². The molecule has 16 heteroatoms. The molecule has 0 spiro atoms. The van der Waals surface area contributed by atoms with Gasteiger partial charge in [0.05, 0.1) is 72.7 Å². The summed E-state index contributed by atoms with van der Waals surface area (Å²) in [5, 5.41) is 24.9. The van der Waals surface area contributed by atoms with Gasteiger partial charge in [0.2, 0.25) is 11.5 Å². The Hall–Kier alpha value is -5.80. The summed E-state index contributed by atoms with van der Waals surface area (Å²) in [4.78, 5) is 52.2. The summed E-state index contributed by atoms with van der Waals surface area (Å²) in [5.74, 6) is -1.43. The molecule has 474 valence electrons. The van der Waals surface area contributed by atoms with Gasteiger partial charge in [-0.15, -0.1) is 0 Å². The normalized spacial score (nSPS) is 11.1. The molecule has 84 heavy (non-hydrogen) atoms. The molecule has 0 heterocycles. The molecule has 3 rings (SSSR count). The first-order valence-corrected chi connectivity index (χ1v) is 33.1. The van der Waals surface area contributed by atoms with E-state index in [1.165, 1.54) is 37.1 Å². The van der Waals surface area contributed by atoms with Crippen LogP contribution in [0.3, 0.4) is 0 Å². The van der Waals surface area contributed by atoms with E-state index >= 15 is 0 Å². The van der Waals surface area contributed by atoms with Crippen LogP contribution < -0.4 is 37.9 Å². The van der Waals surface area contributed by atoms with Crippen molar-refractivity contribution in [1.29, 1.82) is 0 Å². The molecule has 0 amide bonds. The molecule has 0 aliphatic carbocycles. The number of hydrogen-bond donors (Lipinski definition) is 0. The lowest BCUT2D eigenvalue weighted by atomic mass is 10.1. The third kappa shape index (κ3) is 29.8. The second kappa shape index (κ2) is 46.5. The van der Waals surface area contributed by atoms with E-state index in [2.05, 4.69) is 41.5 Å². The number of nitro benzene ring substituents is 2. The Bertz CT molecular complexity index is 2050. The highest BCUT2D eigenvalue weighted by Crippen LogP contribution is 2.44. The molecule has 0 saturated heterocycles. The van der Waals surface area contributed by atoms with E-state index < -0.39 is 44.7 Å². The smallest absolute Gasteiger partial charge is 0.350 e. The maximum atomic E-state index is 14.6. The quantitative estimate of drug-likeness (QED) is 0.0170. The summed E-state index contributed by atoms with van der Waals surface area (Å²) in [5.41, 5.74) is -2.05. The average molecular weight is 1180 g/mol. The number of nitro groups is 2. The maximum Gasteiger partial charge on any atom is 0.350 e. The SMILES string of the molecule is CCCCCCCCOc1cc(C(=O)Oc2cc([N+](=O)[O-])c([N+](=O)[O-])cc2OC(=O)c2cc(OCCCCCCCC)c(OCCCCCCCC)c(OCCCCCCCC)c2)cc(OCCCCCCCC)c1OCCCCCCCC. The predicted octanol–water partition coefficient (Wildman–Crippen LogP) is 20.4. The summed E-state index contributed by atoms with van der Waals surface area (Å²) in [7, 11) is 0. The lowest BCUT2D eigenvalue weighted by Gasteiger charge is -2.19. The number of nitrogens with zero attached hydrogens (tertiary/aromatic N) is 2. The van der Waals surface area contributed by atoms with Crippen molar-refractivity contribution in [2.75, 3.05) is 39.6 Å². The van der Waals surface area contributed by atoms with Gasteiger partial charge in [0, 0.05) is 0 Å². The van der Waals surface area contributed by atoms with Gasteiger partial charge in [-0.05, 0) is 62.8 Å². The Labute approximate surface area is 504 Å². The number of unbranched alkanes of at least 4 members (excludes halogenated alkanes) is 30. The van der Waals surface area contributed by atoms with Crippen LogP contribution in [0.25, 0.3) is 0 Å². The number of hydrogen-bond acceptors (Lipinski definition) is 14. The van der Waals surface area contributed by atoms with E-state index in [0.717, 1.165) is 230 Å². The lowest BCUT2D eigenvalue weighted by molar-refractivity contribution is -0.422. The molecular formula is C68H108N2O14. The van der Waals surface area contributed by atoms with Crippen molar-refractivity contribution in [3.63, 3.8) is 0 Å². The van der Waals surface area contributed by atoms with Crippen molar-refractivity contribution in [2.24, 2.45) is 0 Å². The molecule has 0 atom stereocenters. The number of ether oxygens (including phenoxy) is 8. The zero-order valence-corrected chi connectivity index (χ0v) is 52.8. The van der Waals surface area contributed by atoms with Gasteiger partial charge < -0.3 is 37.9 Å². The maximum absolute atomic E-state index is 14.6. The summed E-state index contributed by atoms with van der Waals surface area (Å²) in [6, 6.07) is 7.43. The van der Waals surface area contributed by atoms with E-state index in [1.807, 2.05) is 0 Å². The van der Waals surface area contributed by atoms with Crippen LogP contribution >= 0.6 is 0 Å². The highest BCUT2D eigenvalue weighted by atomic mass is 16.6. The Kier molecular flexibility index (Phi) is 40.1. The number of carbonyl (C=O) groups is 2. The van der Waals surface area contributed by atoms with E-state index in [9.17, 15) is 29.8 Å². The Morgan fingerprint density at radius 2 is 0.500 bits per heavy atom. The largest absolute Gasteiger partial charge is 0.490 e. The summed E-state index contributed by atoms with van der Waals surface area (Å²) in [6.45, 7) is 15.2. The van der Waals surface area contributed by atoms with Gasteiger partial charge in [0.15, 0.2) is 34.5 Å². The molecule has 0 bridgehead atoms. The molecule has 16 nitrogen and oxygen atoms in total. The molecule has 0 N–H and O–H groups in total. The number of rotatable bonds is 54. The number of benzene rings is 3. The van der Waals surface area contributed by atoms with Crippen LogP contribution in [0, 0.1) is 20.2 Å². The zero-order valence-electron chi connectivity index (χ0n) is 52.8. The monoisotopic (exact) mass is 1180 g/mol. The van der Waals surface area contributed by atoms with E-state index in [1.54, 1.807) is 0 Å². The van der Waals surface area contributed by atoms with Gasteiger partial charge in [-0.3, -0.25) is 20.2 Å². The van der Waals surface area contributed by atoms with Crippen LogP contribution in [-0.4, -0.2) is 61.4 Å². The highest BCUT2D eigenvalue weighted by molar-refractivity contribution is 5.95. The predicted molar refractivity (Wildman–Crippen MR) is 336 cm³/mol. The van der Waals surface area contributed by atoms with Crippen molar-refractivity contribution in [1.82, 2.24) is 0 Å². The van der Waals surface area contributed by atoms with Crippen LogP contribution in [0.4, 0.5) is 11.4 Å². The van der Waals surface area contributed by atoms with Crippen molar-refractivity contribution in [3.8, 4) is 46.0 Å². The topological polar surface area (TPSA) is 194 Å². The summed E-state index contributed by atoms with van der Waals surface area (Å²) < 4.78 is 50.5. The van der Waals surface area contributed by atoms with Crippen molar-refractivity contribution in [3.05, 3.63) is 67.8 Å². The first-order valence-electron chi connectivity index (χ1n) is 33.1. The summed E-state index contributed by atoms with van der Waals surface area (Å²) >= 11 is 0. The molecule has 0 saturated carbocycles. The minimum atomic E-state index is -1.02. The summed E-state index contributed by atoms with van der Waals surface area (Å²) in [6.07, 6.45) is 37.5. The minimum Gasteiger partial charge on any atom is -0.490 e. The molecule has 0 fully saturated rings. The first-order chi connectivity index (χ1) is 41.0. The molecular weight excluding hydrogens is 1070 g/mol. The molecule has 0 aliphatic rings. The minimum absolute atomic E-state index is 0.0491. The highest BCUT2D eigenvalue weighted by Gasteiger charge is 2.32. The Balaban J connectivity index is 2.14. The van der Waals surface area contributed by atoms with Gasteiger partial charge in [-0.1, -0.05) is 234 Å². The van der Waals surface area contributed by atoms with Gasteiger partial charge >= 0.3 is 23.3 Å². The van der Waals surface area contributed by atoms with Gasteiger partial charge in [-0.25, -0.2) is 9.59 Å². The van der Waals surface area contributed by atoms with Gasteiger partial charge in [0.25, 0.3) is 0 Å². The van der Waals surface area contributed by atoms with E-state index in [0.29, 0.717) is 51.1 Å².